The van der Waals surface area contributed by atoms with E-state index in [1.807, 2.05) is 12.1 Å². The van der Waals surface area contributed by atoms with Crippen molar-refractivity contribution in [2.75, 3.05) is 19.6 Å². The Labute approximate surface area is 128 Å². The van der Waals surface area contributed by atoms with Crippen LogP contribution >= 0.6 is 0 Å². The standard InChI is InChI=1S/C16H26N2O2S/c1-13(2)15-9-11-18(12-15)21(19,20)16-7-5-14(6-8-16)4-3-10-17/h5-8,13,15H,3-4,9-12,17H2,1-2H3. The molecule has 1 aliphatic rings. The van der Waals surface area contributed by atoms with Gasteiger partial charge < -0.3 is 5.73 Å². The molecule has 1 aromatic rings. The van der Waals surface area contributed by atoms with E-state index in [2.05, 4.69) is 13.8 Å². The second kappa shape index (κ2) is 6.90. The minimum Gasteiger partial charge on any atom is -0.330 e. The number of nitrogens with two attached hydrogens (primary N) is 1. The molecule has 1 fully saturated rings. The Morgan fingerprint density at radius 3 is 2.48 bits per heavy atom. The van der Waals surface area contributed by atoms with E-state index in [9.17, 15) is 8.42 Å². The Balaban J connectivity index is 2.09. The highest BCUT2D eigenvalue weighted by atomic mass is 32.2. The van der Waals surface area contributed by atoms with Gasteiger partial charge in [-0.2, -0.15) is 4.31 Å². The lowest BCUT2D eigenvalue weighted by Gasteiger charge is -2.18. The van der Waals surface area contributed by atoms with Crippen molar-refractivity contribution in [2.45, 2.75) is 38.0 Å². The van der Waals surface area contributed by atoms with Gasteiger partial charge >= 0.3 is 0 Å². The van der Waals surface area contributed by atoms with Crippen LogP contribution in [0.15, 0.2) is 29.2 Å². The van der Waals surface area contributed by atoms with Crippen molar-refractivity contribution in [1.29, 1.82) is 0 Å². The van der Waals surface area contributed by atoms with E-state index in [4.69, 9.17) is 5.73 Å². The zero-order valence-electron chi connectivity index (χ0n) is 13.0. The van der Waals surface area contributed by atoms with E-state index >= 15 is 0 Å². The summed E-state index contributed by atoms with van der Waals surface area (Å²) in [7, 11) is -3.33. The Morgan fingerprint density at radius 1 is 1.29 bits per heavy atom. The molecule has 1 unspecified atom stereocenters. The summed E-state index contributed by atoms with van der Waals surface area (Å²) in [6, 6.07) is 7.25. The Bertz CT molecular complexity index is 552. The van der Waals surface area contributed by atoms with Gasteiger partial charge in [0.2, 0.25) is 10.0 Å². The highest BCUT2D eigenvalue weighted by molar-refractivity contribution is 7.89. The number of nitrogens with zero attached hydrogens (tertiary/aromatic N) is 1. The van der Waals surface area contributed by atoms with Gasteiger partial charge in [0.1, 0.15) is 0 Å². The topological polar surface area (TPSA) is 63.4 Å². The number of hydrogen-bond donors (Lipinski definition) is 1. The van der Waals surface area contributed by atoms with Crippen LogP contribution in [-0.2, 0) is 16.4 Å². The molecular formula is C16H26N2O2S. The van der Waals surface area contributed by atoms with Crippen LogP contribution in [0.1, 0.15) is 32.3 Å². The zero-order valence-corrected chi connectivity index (χ0v) is 13.8. The third-order valence-electron chi connectivity index (χ3n) is 4.36. The first kappa shape index (κ1) is 16.5. The molecule has 1 heterocycles. The highest BCUT2D eigenvalue weighted by Gasteiger charge is 2.33. The summed E-state index contributed by atoms with van der Waals surface area (Å²) >= 11 is 0. The molecule has 4 nitrogen and oxygen atoms in total. The summed E-state index contributed by atoms with van der Waals surface area (Å²) in [5.41, 5.74) is 6.63. The number of hydrogen-bond acceptors (Lipinski definition) is 3. The van der Waals surface area contributed by atoms with Crippen LogP contribution < -0.4 is 5.73 Å². The molecule has 0 radical (unpaired) electrons. The van der Waals surface area contributed by atoms with Crippen molar-refractivity contribution >= 4 is 10.0 Å². The molecule has 1 aromatic carbocycles. The van der Waals surface area contributed by atoms with Gasteiger partial charge in [-0.3, -0.25) is 0 Å². The lowest BCUT2D eigenvalue weighted by molar-refractivity contribution is 0.388. The van der Waals surface area contributed by atoms with Crippen LogP contribution in [0.3, 0.4) is 0 Å². The lowest BCUT2D eigenvalue weighted by atomic mass is 9.96. The van der Waals surface area contributed by atoms with Crippen molar-refractivity contribution in [1.82, 2.24) is 4.31 Å². The lowest BCUT2D eigenvalue weighted by Crippen LogP contribution is -2.29. The zero-order chi connectivity index (χ0) is 15.5. The maximum atomic E-state index is 12.6. The molecule has 2 N–H and O–H groups in total. The Kier molecular flexibility index (Phi) is 5.41. The molecule has 1 saturated heterocycles. The Hall–Kier alpha value is -0.910. The van der Waals surface area contributed by atoms with Gasteiger partial charge in [-0.25, -0.2) is 8.42 Å². The molecule has 5 heteroatoms. The third kappa shape index (κ3) is 3.84. The van der Waals surface area contributed by atoms with E-state index < -0.39 is 10.0 Å². The molecule has 0 amide bonds. The first-order valence-corrected chi connectivity index (χ1v) is 9.18. The summed E-state index contributed by atoms with van der Waals surface area (Å²) in [6.45, 7) is 6.26. The second-order valence-corrected chi connectivity index (χ2v) is 8.13. The van der Waals surface area contributed by atoms with Crippen molar-refractivity contribution in [2.24, 2.45) is 17.6 Å². The number of rotatable bonds is 6. The predicted molar refractivity (Wildman–Crippen MR) is 85.5 cm³/mol. The van der Waals surface area contributed by atoms with Gasteiger partial charge in [0.25, 0.3) is 0 Å². The molecule has 2 rings (SSSR count). The monoisotopic (exact) mass is 310 g/mol. The summed E-state index contributed by atoms with van der Waals surface area (Å²) in [5, 5.41) is 0. The van der Waals surface area contributed by atoms with Gasteiger partial charge in [0, 0.05) is 13.1 Å². The molecule has 118 valence electrons. The normalized spacial score (nSPS) is 20.3. The minimum atomic E-state index is -3.33. The van der Waals surface area contributed by atoms with E-state index in [1.54, 1.807) is 16.4 Å². The average Bonchev–Trinajstić information content (AvgIpc) is 2.96. The largest absolute Gasteiger partial charge is 0.330 e. The fourth-order valence-corrected chi connectivity index (χ4v) is 4.31. The van der Waals surface area contributed by atoms with E-state index in [0.29, 0.717) is 36.4 Å². The van der Waals surface area contributed by atoms with Crippen LogP contribution in [-0.4, -0.2) is 32.4 Å². The molecule has 0 bridgehead atoms. The molecule has 0 aliphatic carbocycles. The molecule has 0 spiro atoms. The smallest absolute Gasteiger partial charge is 0.243 e. The molecular weight excluding hydrogens is 284 g/mol. The third-order valence-corrected chi connectivity index (χ3v) is 6.24. The van der Waals surface area contributed by atoms with Gasteiger partial charge in [0.05, 0.1) is 4.90 Å². The summed E-state index contributed by atoms with van der Waals surface area (Å²) in [4.78, 5) is 0.406. The fraction of sp³-hybridized carbons (Fsp3) is 0.625. The fourth-order valence-electron chi connectivity index (χ4n) is 2.80. The molecule has 0 aromatic heterocycles. The second-order valence-electron chi connectivity index (χ2n) is 6.19. The quantitative estimate of drug-likeness (QED) is 0.876. The van der Waals surface area contributed by atoms with Crippen LogP contribution in [0.25, 0.3) is 0 Å². The van der Waals surface area contributed by atoms with Crippen molar-refractivity contribution in [3.05, 3.63) is 29.8 Å². The number of aryl methyl sites for hydroxylation is 1. The predicted octanol–water partition coefficient (Wildman–Crippen LogP) is 2.24. The van der Waals surface area contributed by atoms with Gasteiger partial charge in [-0.15, -0.1) is 0 Å². The van der Waals surface area contributed by atoms with Crippen molar-refractivity contribution < 1.29 is 8.42 Å². The van der Waals surface area contributed by atoms with Gasteiger partial charge in [0.15, 0.2) is 0 Å². The van der Waals surface area contributed by atoms with E-state index in [1.165, 1.54) is 0 Å². The maximum Gasteiger partial charge on any atom is 0.243 e. The summed E-state index contributed by atoms with van der Waals surface area (Å²) < 4.78 is 26.9. The highest BCUT2D eigenvalue weighted by Crippen LogP contribution is 2.28. The number of sulfonamides is 1. The van der Waals surface area contributed by atoms with Crippen LogP contribution in [0, 0.1) is 11.8 Å². The van der Waals surface area contributed by atoms with Crippen molar-refractivity contribution in [3.63, 3.8) is 0 Å². The van der Waals surface area contributed by atoms with E-state index in [0.717, 1.165) is 24.8 Å². The van der Waals surface area contributed by atoms with Gasteiger partial charge in [-0.05, 0) is 55.3 Å². The molecule has 21 heavy (non-hydrogen) atoms. The minimum absolute atomic E-state index is 0.406. The Morgan fingerprint density at radius 2 is 1.95 bits per heavy atom. The van der Waals surface area contributed by atoms with Crippen molar-refractivity contribution in [3.8, 4) is 0 Å². The first-order chi connectivity index (χ1) is 9.95. The van der Waals surface area contributed by atoms with Gasteiger partial charge in [-0.1, -0.05) is 26.0 Å². The average molecular weight is 310 g/mol. The molecule has 0 saturated carbocycles. The first-order valence-electron chi connectivity index (χ1n) is 7.74. The van der Waals surface area contributed by atoms with E-state index in [-0.39, 0.29) is 0 Å². The summed E-state index contributed by atoms with van der Waals surface area (Å²) in [6.07, 6.45) is 2.79. The van der Waals surface area contributed by atoms with Crippen LogP contribution in [0.5, 0.6) is 0 Å². The van der Waals surface area contributed by atoms with Crippen LogP contribution in [0.4, 0.5) is 0 Å². The SMILES string of the molecule is CC(C)C1CCN(S(=O)(=O)c2ccc(CCCN)cc2)C1. The molecule has 1 atom stereocenters. The maximum absolute atomic E-state index is 12.6. The van der Waals surface area contributed by atoms with Crippen LogP contribution in [0.2, 0.25) is 0 Å². The number of benzene rings is 1. The summed E-state index contributed by atoms with van der Waals surface area (Å²) in [5.74, 6) is 1.01. The molecule has 1 aliphatic heterocycles.